The average Bonchev–Trinajstić information content (AvgIpc) is 3.40. The molecule has 0 aromatic carbocycles. The van der Waals surface area contributed by atoms with Crippen LogP contribution in [-0.2, 0) is 23.8 Å². The van der Waals surface area contributed by atoms with Gasteiger partial charge in [0.25, 0.3) is 0 Å². The summed E-state index contributed by atoms with van der Waals surface area (Å²) in [6, 6.07) is 0. The molecule has 29 heavy (non-hydrogen) atoms. The Morgan fingerprint density at radius 3 is 2.66 bits per heavy atom. The Balaban J connectivity index is 1.21. The van der Waals surface area contributed by atoms with Crippen molar-refractivity contribution in [3.05, 3.63) is 12.2 Å². The van der Waals surface area contributed by atoms with E-state index in [1.807, 2.05) is 0 Å². The first-order valence-corrected chi connectivity index (χ1v) is 11.6. The minimum Gasteiger partial charge on any atom is -0.465 e. The van der Waals surface area contributed by atoms with Crippen LogP contribution in [0.3, 0.4) is 0 Å². The zero-order chi connectivity index (χ0) is 20.4. The van der Waals surface area contributed by atoms with Crippen molar-refractivity contribution in [2.45, 2.75) is 70.8 Å². The second kappa shape index (κ2) is 9.20. The summed E-state index contributed by atoms with van der Waals surface area (Å²) in [5.74, 6) is 2.23. The van der Waals surface area contributed by atoms with Gasteiger partial charge in [-0.2, -0.15) is 0 Å². The van der Waals surface area contributed by atoms with Crippen LogP contribution in [-0.4, -0.2) is 37.9 Å². The van der Waals surface area contributed by atoms with Gasteiger partial charge in [-0.15, -0.1) is 0 Å². The van der Waals surface area contributed by atoms with Crippen LogP contribution < -0.4 is 0 Å². The van der Waals surface area contributed by atoms with Crippen molar-refractivity contribution in [1.82, 2.24) is 0 Å². The third kappa shape index (κ3) is 4.70. The quantitative estimate of drug-likeness (QED) is 0.343. The van der Waals surface area contributed by atoms with Crippen molar-refractivity contribution in [2.75, 3.05) is 19.8 Å². The van der Waals surface area contributed by atoms with Gasteiger partial charge in [0.2, 0.25) is 0 Å². The number of rotatable bonds is 8. The van der Waals surface area contributed by atoms with Crippen molar-refractivity contribution in [1.29, 1.82) is 0 Å². The van der Waals surface area contributed by atoms with E-state index in [-0.39, 0.29) is 29.9 Å². The molecular weight excluding hydrogens is 368 g/mol. The average molecular weight is 405 g/mol. The van der Waals surface area contributed by atoms with Crippen molar-refractivity contribution >= 4 is 11.9 Å². The molecule has 6 unspecified atom stereocenters. The first kappa shape index (κ1) is 20.9. The second-order valence-electron chi connectivity index (χ2n) is 9.90. The van der Waals surface area contributed by atoms with E-state index >= 15 is 0 Å². The van der Waals surface area contributed by atoms with Gasteiger partial charge in [-0.3, -0.25) is 4.79 Å². The van der Waals surface area contributed by atoms with Crippen LogP contribution in [0.25, 0.3) is 0 Å². The Bertz CT molecular complexity index is 623. The smallest absolute Gasteiger partial charge is 0.333 e. The SMILES string of the molecule is C=C(C)C(=O)OC1CC2CC(CCOCC3COC(=O)C3C3CCCCC3)C1C2. The van der Waals surface area contributed by atoms with E-state index in [1.165, 1.54) is 32.1 Å². The Kier molecular flexibility index (Phi) is 6.63. The lowest BCUT2D eigenvalue weighted by Gasteiger charge is -2.30. The summed E-state index contributed by atoms with van der Waals surface area (Å²) in [5, 5.41) is 0. The van der Waals surface area contributed by atoms with Crippen LogP contribution >= 0.6 is 0 Å². The zero-order valence-corrected chi connectivity index (χ0v) is 17.8. The Morgan fingerprint density at radius 2 is 1.93 bits per heavy atom. The van der Waals surface area contributed by atoms with Gasteiger partial charge in [0.05, 0.1) is 19.1 Å². The largest absolute Gasteiger partial charge is 0.465 e. The third-order valence-electron chi connectivity index (χ3n) is 7.84. The van der Waals surface area contributed by atoms with Crippen LogP contribution in [0.15, 0.2) is 12.2 Å². The highest BCUT2D eigenvalue weighted by Crippen LogP contribution is 2.51. The molecule has 4 rings (SSSR count). The van der Waals surface area contributed by atoms with Crippen molar-refractivity contribution in [2.24, 2.45) is 35.5 Å². The lowest BCUT2D eigenvalue weighted by atomic mass is 9.75. The second-order valence-corrected chi connectivity index (χ2v) is 9.90. The summed E-state index contributed by atoms with van der Waals surface area (Å²) in [5.41, 5.74) is 0.480. The summed E-state index contributed by atoms with van der Waals surface area (Å²) >= 11 is 0. The maximum atomic E-state index is 12.3. The van der Waals surface area contributed by atoms with Crippen LogP contribution in [0, 0.1) is 35.5 Å². The van der Waals surface area contributed by atoms with Gasteiger partial charge in [0.15, 0.2) is 0 Å². The first-order valence-electron chi connectivity index (χ1n) is 11.6. The highest BCUT2D eigenvalue weighted by atomic mass is 16.5. The molecule has 0 amide bonds. The molecular formula is C24H36O5. The minimum atomic E-state index is -0.253. The summed E-state index contributed by atoms with van der Waals surface area (Å²) in [7, 11) is 0. The number of fused-ring (bicyclic) bond motifs is 2. The van der Waals surface area contributed by atoms with Gasteiger partial charge in [-0.1, -0.05) is 25.8 Å². The number of carbonyl (C=O) groups is 2. The van der Waals surface area contributed by atoms with E-state index in [2.05, 4.69) is 6.58 Å². The number of cyclic esters (lactones) is 1. The van der Waals surface area contributed by atoms with Crippen LogP contribution in [0.5, 0.6) is 0 Å². The molecule has 4 fully saturated rings. The van der Waals surface area contributed by atoms with E-state index in [0.29, 0.717) is 42.5 Å². The molecule has 1 aliphatic heterocycles. The monoisotopic (exact) mass is 404 g/mol. The molecule has 3 aliphatic carbocycles. The van der Waals surface area contributed by atoms with Crippen molar-refractivity contribution in [3.63, 3.8) is 0 Å². The summed E-state index contributed by atoms with van der Waals surface area (Å²) in [6.45, 7) is 7.27. The number of ether oxygens (including phenoxy) is 3. The molecule has 3 saturated carbocycles. The van der Waals surface area contributed by atoms with Crippen molar-refractivity contribution < 1.29 is 23.8 Å². The molecule has 0 spiro atoms. The van der Waals surface area contributed by atoms with Crippen LogP contribution in [0.2, 0.25) is 0 Å². The van der Waals surface area contributed by atoms with Gasteiger partial charge >= 0.3 is 11.9 Å². The molecule has 5 heteroatoms. The van der Waals surface area contributed by atoms with E-state index < -0.39 is 0 Å². The highest BCUT2D eigenvalue weighted by molar-refractivity contribution is 5.87. The summed E-state index contributed by atoms with van der Waals surface area (Å²) in [6.07, 6.45) is 10.6. The molecule has 0 radical (unpaired) electrons. The molecule has 5 nitrogen and oxygen atoms in total. The van der Waals surface area contributed by atoms with E-state index in [9.17, 15) is 9.59 Å². The van der Waals surface area contributed by atoms with Gasteiger partial charge in [-0.05, 0) is 69.1 Å². The highest BCUT2D eigenvalue weighted by Gasteiger charge is 2.48. The standard InChI is InChI=1S/C24H36O5/c1-15(2)23(25)29-21-12-16-10-18(20(21)11-16)8-9-27-13-19-14-28-24(26)22(19)17-6-4-3-5-7-17/h16-22H,1,3-14H2,2H3. The zero-order valence-electron chi connectivity index (χ0n) is 17.8. The summed E-state index contributed by atoms with van der Waals surface area (Å²) in [4.78, 5) is 24.2. The molecule has 162 valence electrons. The molecule has 6 atom stereocenters. The van der Waals surface area contributed by atoms with Gasteiger partial charge < -0.3 is 14.2 Å². The van der Waals surface area contributed by atoms with Gasteiger partial charge in [-0.25, -0.2) is 4.79 Å². The number of esters is 2. The normalized spacial score (nSPS) is 36.9. The molecule has 0 aromatic heterocycles. The van der Waals surface area contributed by atoms with Gasteiger partial charge in [0, 0.05) is 18.1 Å². The fraction of sp³-hybridized carbons (Fsp3) is 0.833. The number of hydrogen-bond acceptors (Lipinski definition) is 5. The topological polar surface area (TPSA) is 61.8 Å². The summed E-state index contributed by atoms with van der Waals surface area (Å²) < 4.78 is 17.1. The molecule has 0 N–H and O–H groups in total. The van der Waals surface area contributed by atoms with E-state index in [4.69, 9.17) is 14.2 Å². The van der Waals surface area contributed by atoms with Crippen molar-refractivity contribution in [3.8, 4) is 0 Å². The molecule has 1 heterocycles. The number of carbonyl (C=O) groups excluding carboxylic acids is 2. The first-order chi connectivity index (χ1) is 14.0. The van der Waals surface area contributed by atoms with Crippen LogP contribution in [0.1, 0.15) is 64.7 Å². The number of hydrogen-bond donors (Lipinski definition) is 0. The van der Waals surface area contributed by atoms with Gasteiger partial charge in [0.1, 0.15) is 6.10 Å². The fourth-order valence-electron chi connectivity index (χ4n) is 6.41. The minimum absolute atomic E-state index is 0.000715. The molecule has 0 aromatic rings. The Morgan fingerprint density at radius 1 is 1.14 bits per heavy atom. The fourth-order valence-corrected chi connectivity index (χ4v) is 6.41. The van der Waals surface area contributed by atoms with E-state index in [0.717, 1.165) is 32.3 Å². The maximum Gasteiger partial charge on any atom is 0.333 e. The Hall–Kier alpha value is -1.36. The molecule has 4 aliphatic rings. The third-order valence-corrected chi connectivity index (χ3v) is 7.84. The molecule has 2 bridgehead atoms. The van der Waals surface area contributed by atoms with Crippen LogP contribution in [0.4, 0.5) is 0 Å². The predicted octanol–water partition coefficient (Wildman–Crippen LogP) is 4.30. The molecule has 1 saturated heterocycles. The maximum absolute atomic E-state index is 12.3. The van der Waals surface area contributed by atoms with E-state index in [1.54, 1.807) is 6.92 Å². The lowest BCUT2D eigenvalue weighted by Crippen LogP contribution is -2.31. The predicted molar refractivity (Wildman–Crippen MR) is 109 cm³/mol. The lowest BCUT2D eigenvalue weighted by molar-refractivity contribution is -0.148. The Labute approximate surface area is 174 Å².